The lowest BCUT2D eigenvalue weighted by molar-refractivity contribution is -0.0796. The molecule has 0 spiro atoms. The molecule has 0 bridgehead atoms. The van der Waals surface area contributed by atoms with E-state index in [1.807, 2.05) is 18.2 Å². The van der Waals surface area contributed by atoms with Gasteiger partial charge in [0, 0.05) is 6.04 Å². The molecule has 1 aliphatic heterocycles. The van der Waals surface area contributed by atoms with E-state index < -0.39 is 0 Å². The van der Waals surface area contributed by atoms with E-state index in [4.69, 9.17) is 21.1 Å². The lowest BCUT2D eigenvalue weighted by atomic mass is 10.1. The van der Waals surface area contributed by atoms with Crippen LogP contribution >= 0.6 is 11.6 Å². The minimum Gasteiger partial charge on any atom is -0.484 e. The maximum absolute atomic E-state index is 6.21. The number of ether oxygens (including phenoxy) is 2. The highest BCUT2D eigenvalue weighted by Gasteiger charge is 2.21. The largest absolute Gasteiger partial charge is 0.484 e. The molecule has 1 unspecified atom stereocenters. The average Bonchev–Trinajstić information content (AvgIpc) is 2.25. The Bertz CT molecular complexity index is 380. The highest BCUT2D eigenvalue weighted by Crippen LogP contribution is 2.29. The third-order valence-electron chi connectivity index (χ3n) is 2.87. The van der Waals surface area contributed by atoms with Crippen LogP contribution in [0.25, 0.3) is 0 Å². The Hall–Kier alpha value is -0.770. The van der Waals surface area contributed by atoms with E-state index in [0.29, 0.717) is 24.3 Å². The summed E-state index contributed by atoms with van der Waals surface area (Å²) in [5.74, 6) is 0.743. The van der Waals surface area contributed by atoms with Gasteiger partial charge in [0.1, 0.15) is 11.9 Å². The fraction of sp³-hybridized carbons (Fsp3) is 0.538. The van der Waals surface area contributed by atoms with Crippen molar-refractivity contribution in [1.29, 1.82) is 0 Å². The van der Waals surface area contributed by atoms with Crippen molar-refractivity contribution in [3.8, 4) is 5.75 Å². The van der Waals surface area contributed by atoms with Gasteiger partial charge in [0.15, 0.2) is 0 Å². The molecule has 1 atom stereocenters. The molecule has 94 valence electrons. The lowest BCUT2D eigenvalue weighted by Gasteiger charge is -2.27. The number of hydrogen-bond acceptors (Lipinski definition) is 3. The van der Waals surface area contributed by atoms with Crippen LogP contribution in [0.15, 0.2) is 18.2 Å². The van der Waals surface area contributed by atoms with Crippen molar-refractivity contribution in [2.75, 3.05) is 19.8 Å². The van der Waals surface area contributed by atoms with Gasteiger partial charge in [0.2, 0.25) is 0 Å². The monoisotopic (exact) mass is 255 g/mol. The summed E-state index contributed by atoms with van der Waals surface area (Å²) in [6, 6.07) is 6.25. The zero-order valence-corrected chi connectivity index (χ0v) is 11.0. The van der Waals surface area contributed by atoms with E-state index in [-0.39, 0.29) is 6.10 Å². The number of halogens is 1. The van der Waals surface area contributed by atoms with E-state index in [1.54, 1.807) is 0 Å². The first-order valence-corrected chi connectivity index (χ1v) is 6.35. The maximum atomic E-state index is 6.21. The van der Waals surface area contributed by atoms with Gasteiger partial charge < -0.3 is 14.8 Å². The van der Waals surface area contributed by atoms with Crippen molar-refractivity contribution < 1.29 is 9.47 Å². The van der Waals surface area contributed by atoms with E-state index in [2.05, 4.69) is 19.2 Å². The van der Waals surface area contributed by atoms with Crippen LogP contribution in [0.1, 0.15) is 25.5 Å². The Balaban J connectivity index is 2.04. The smallest absolute Gasteiger partial charge is 0.145 e. The second kappa shape index (κ2) is 5.71. The summed E-state index contributed by atoms with van der Waals surface area (Å²) < 4.78 is 10.8. The van der Waals surface area contributed by atoms with E-state index in [1.165, 1.54) is 5.56 Å². The van der Waals surface area contributed by atoms with Gasteiger partial charge in [0.25, 0.3) is 0 Å². The summed E-state index contributed by atoms with van der Waals surface area (Å²) in [5.41, 5.74) is 1.18. The first kappa shape index (κ1) is 12.7. The minimum absolute atomic E-state index is 0.157. The zero-order valence-electron chi connectivity index (χ0n) is 10.2. The van der Waals surface area contributed by atoms with Crippen molar-refractivity contribution in [3.63, 3.8) is 0 Å². The van der Waals surface area contributed by atoms with Crippen molar-refractivity contribution in [3.05, 3.63) is 28.8 Å². The molecule has 0 amide bonds. The number of rotatable bonds is 5. The van der Waals surface area contributed by atoms with Crippen LogP contribution in [0.5, 0.6) is 5.75 Å². The van der Waals surface area contributed by atoms with Crippen LogP contribution in [0.3, 0.4) is 0 Å². The van der Waals surface area contributed by atoms with Crippen LogP contribution in [0, 0.1) is 0 Å². The molecule has 17 heavy (non-hydrogen) atoms. The van der Waals surface area contributed by atoms with Crippen LogP contribution in [-0.2, 0) is 4.74 Å². The van der Waals surface area contributed by atoms with Gasteiger partial charge in [-0.2, -0.15) is 0 Å². The van der Waals surface area contributed by atoms with E-state index in [0.717, 1.165) is 12.3 Å². The van der Waals surface area contributed by atoms with Crippen LogP contribution in [0.4, 0.5) is 0 Å². The number of nitrogens with one attached hydrogen (secondary N) is 1. The molecular weight excluding hydrogens is 238 g/mol. The topological polar surface area (TPSA) is 30.5 Å². The summed E-state index contributed by atoms with van der Waals surface area (Å²) in [7, 11) is 0. The van der Waals surface area contributed by atoms with Gasteiger partial charge in [-0.25, -0.2) is 0 Å². The molecule has 0 radical (unpaired) electrons. The molecule has 1 N–H and O–H groups in total. The Morgan fingerprint density at radius 2 is 2.29 bits per heavy atom. The maximum Gasteiger partial charge on any atom is 0.145 e. The second-order valence-corrected chi connectivity index (χ2v) is 4.65. The van der Waals surface area contributed by atoms with Gasteiger partial charge in [-0.05, 0) is 31.2 Å². The number of hydrogen-bond donors (Lipinski definition) is 1. The van der Waals surface area contributed by atoms with Crippen molar-refractivity contribution >= 4 is 11.6 Å². The quantitative estimate of drug-likeness (QED) is 0.878. The molecule has 1 heterocycles. The van der Waals surface area contributed by atoms with Gasteiger partial charge >= 0.3 is 0 Å². The molecule has 4 heteroatoms. The lowest BCUT2D eigenvalue weighted by Crippen LogP contribution is -2.38. The molecule has 1 aliphatic rings. The molecular formula is C13H18ClNO2. The third kappa shape index (κ3) is 3.12. The van der Waals surface area contributed by atoms with Crippen molar-refractivity contribution in [1.82, 2.24) is 5.32 Å². The molecule has 2 rings (SSSR count). The molecule has 0 saturated carbocycles. The van der Waals surface area contributed by atoms with Crippen molar-refractivity contribution in [2.45, 2.75) is 26.0 Å². The van der Waals surface area contributed by atoms with Crippen LogP contribution in [-0.4, -0.2) is 25.9 Å². The molecule has 0 aromatic heterocycles. The molecule has 3 nitrogen and oxygen atoms in total. The summed E-state index contributed by atoms with van der Waals surface area (Å²) in [6.07, 6.45) is 0.157. The summed E-state index contributed by atoms with van der Waals surface area (Å²) in [6.45, 7) is 6.47. The Kier molecular flexibility index (Phi) is 4.26. The van der Waals surface area contributed by atoms with Gasteiger partial charge in [-0.3, -0.25) is 0 Å². The van der Waals surface area contributed by atoms with Crippen LogP contribution < -0.4 is 10.1 Å². The average molecular weight is 256 g/mol. The molecule has 1 fully saturated rings. The predicted octanol–water partition coefficient (Wildman–Crippen LogP) is 2.79. The zero-order chi connectivity index (χ0) is 12.3. The molecule has 1 saturated heterocycles. The molecule has 0 aliphatic carbocycles. The van der Waals surface area contributed by atoms with Gasteiger partial charge in [-0.15, -0.1) is 0 Å². The highest BCUT2D eigenvalue weighted by molar-refractivity contribution is 6.32. The number of benzene rings is 1. The van der Waals surface area contributed by atoms with Gasteiger partial charge in [0.05, 0.1) is 18.2 Å². The normalized spacial score (nSPS) is 17.6. The Morgan fingerprint density at radius 3 is 2.82 bits per heavy atom. The van der Waals surface area contributed by atoms with E-state index in [9.17, 15) is 0 Å². The standard InChI is InChI=1S/C13H18ClNO2/c1-3-15-9(2)10-4-5-13(12(14)6-10)17-11-7-16-8-11/h4-6,9,11,15H,3,7-8H2,1-2H3. The molecule has 1 aromatic rings. The predicted molar refractivity (Wildman–Crippen MR) is 68.8 cm³/mol. The third-order valence-corrected chi connectivity index (χ3v) is 3.16. The van der Waals surface area contributed by atoms with E-state index >= 15 is 0 Å². The summed E-state index contributed by atoms with van der Waals surface area (Å²) in [5, 5.41) is 4.02. The van der Waals surface area contributed by atoms with Crippen LogP contribution in [0.2, 0.25) is 5.02 Å². The van der Waals surface area contributed by atoms with Crippen molar-refractivity contribution in [2.24, 2.45) is 0 Å². The first-order chi connectivity index (χ1) is 8.20. The fourth-order valence-corrected chi connectivity index (χ4v) is 2.00. The highest BCUT2D eigenvalue weighted by atomic mass is 35.5. The SMILES string of the molecule is CCNC(C)c1ccc(OC2COC2)c(Cl)c1. The van der Waals surface area contributed by atoms with Gasteiger partial charge in [-0.1, -0.05) is 24.6 Å². The Morgan fingerprint density at radius 1 is 1.53 bits per heavy atom. The molecule has 1 aromatic carbocycles. The Labute approximate surface area is 107 Å². The fourth-order valence-electron chi connectivity index (χ4n) is 1.77. The minimum atomic E-state index is 0.157. The first-order valence-electron chi connectivity index (χ1n) is 5.98. The second-order valence-electron chi connectivity index (χ2n) is 4.25. The summed E-state index contributed by atoms with van der Waals surface area (Å²) >= 11 is 6.21. The summed E-state index contributed by atoms with van der Waals surface area (Å²) in [4.78, 5) is 0.